The maximum absolute atomic E-state index is 18.0. The zero-order valence-corrected chi connectivity index (χ0v) is 41.2. The fourth-order valence-electron chi connectivity index (χ4n) is 11.5. The molecule has 2 nitrogen and oxygen atoms in total. The van der Waals surface area contributed by atoms with E-state index in [9.17, 15) is 0 Å². The number of halogens is 2. The predicted molar refractivity (Wildman–Crippen MR) is 316 cm³/mol. The van der Waals surface area contributed by atoms with E-state index >= 15 is 8.78 Å². The van der Waals surface area contributed by atoms with Crippen molar-refractivity contribution in [2.75, 3.05) is 9.80 Å². The van der Waals surface area contributed by atoms with Crippen LogP contribution >= 0.6 is 0 Å². The van der Waals surface area contributed by atoms with Crippen LogP contribution in [0, 0.1) is 11.6 Å². The first-order valence-electron chi connectivity index (χ1n) is 25.7. The number of hydrogen-bond acceptors (Lipinski definition) is 2. The van der Waals surface area contributed by atoms with E-state index < -0.39 is 0 Å². The summed E-state index contributed by atoms with van der Waals surface area (Å²) in [7, 11) is 0. The Labute approximate surface area is 439 Å². The Bertz CT molecular complexity index is 4190. The summed E-state index contributed by atoms with van der Waals surface area (Å²) in [5.41, 5.74) is 11.0. The summed E-state index contributed by atoms with van der Waals surface area (Å²) in [6.45, 7) is 0. The highest BCUT2D eigenvalue weighted by Crippen LogP contribution is 2.52. The Morgan fingerprint density at radius 1 is 0.237 bits per heavy atom. The lowest BCUT2D eigenvalue weighted by Crippen LogP contribution is -2.15. The molecule has 0 aliphatic rings. The van der Waals surface area contributed by atoms with Crippen molar-refractivity contribution in [3.8, 4) is 44.5 Å². The predicted octanol–water partition coefficient (Wildman–Crippen LogP) is 20.8. The lowest BCUT2D eigenvalue weighted by molar-refractivity contribution is 0.629. The molecule has 0 N–H and O–H groups in total. The van der Waals surface area contributed by atoms with Gasteiger partial charge in [-0.2, -0.15) is 0 Å². The van der Waals surface area contributed by atoms with Gasteiger partial charge in [-0.15, -0.1) is 0 Å². The number of benzene rings is 14. The van der Waals surface area contributed by atoms with Crippen molar-refractivity contribution >= 4 is 88.0 Å². The van der Waals surface area contributed by atoms with Crippen molar-refractivity contribution in [2.45, 2.75) is 0 Å². The second kappa shape index (κ2) is 18.5. The summed E-state index contributed by atoms with van der Waals surface area (Å²) in [4.78, 5) is 4.23. The second-order valence-electron chi connectivity index (χ2n) is 19.5. The summed E-state index contributed by atoms with van der Waals surface area (Å²) in [5.74, 6) is -0.691. The smallest absolute Gasteiger partial charge is 0.148 e. The Morgan fingerprint density at radius 3 is 0.961 bits per heavy atom. The first kappa shape index (κ1) is 44.8. The largest absolute Gasteiger partial charge is 0.307 e. The highest BCUT2D eigenvalue weighted by atomic mass is 19.1. The van der Waals surface area contributed by atoms with E-state index in [1.807, 2.05) is 121 Å². The Morgan fingerprint density at radius 2 is 0.566 bits per heavy atom. The molecule has 0 aliphatic heterocycles. The van der Waals surface area contributed by atoms with E-state index in [1.54, 1.807) is 12.1 Å². The number of nitrogens with zero attached hydrogens (tertiary/aromatic N) is 2. The quantitative estimate of drug-likeness (QED) is 0.126. The van der Waals surface area contributed by atoms with E-state index in [0.29, 0.717) is 11.4 Å². The van der Waals surface area contributed by atoms with E-state index in [4.69, 9.17) is 0 Å². The molecule has 0 fully saturated rings. The summed E-state index contributed by atoms with van der Waals surface area (Å²) < 4.78 is 36.0. The van der Waals surface area contributed by atoms with Crippen LogP contribution in [0.2, 0.25) is 0 Å². The molecule has 0 saturated heterocycles. The highest BCUT2D eigenvalue weighted by molar-refractivity contribution is 6.28. The van der Waals surface area contributed by atoms with Crippen LogP contribution in [0.1, 0.15) is 0 Å². The fourth-order valence-corrected chi connectivity index (χ4v) is 11.5. The number of hydrogen-bond donors (Lipinski definition) is 0. The molecule has 0 spiro atoms. The average Bonchev–Trinajstić information content (AvgIpc) is 3.52. The van der Waals surface area contributed by atoms with Crippen LogP contribution in [-0.4, -0.2) is 0 Å². The second-order valence-corrected chi connectivity index (χ2v) is 19.5. The average molecular weight is 977 g/mol. The lowest BCUT2D eigenvalue weighted by Gasteiger charge is -2.32. The molecule has 0 aromatic heterocycles. The van der Waals surface area contributed by atoms with Gasteiger partial charge in [0, 0.05) is 33.3 Å². The summed E-state index contributed by atoms with van der Waals surface area (Å²) in [5, 5.41) is 10.3. The van der Waals surface area contributed by atoms with Crippen molar-refractivity contribution in [1.29, 1.82) is 0 Å². The van der Waals surface area contributed by atoms with Gasteiger partial charge in [-0.1, -0.05) is 218 Å². The third-order valence-corrected chi connectivity index (χ3v) is 15.0. The molecule has 4 heteroatoms. The molecule has 0 heterocycles. The van der Waals surface area contributed by atoms with Gasteiger partial charge < -0.3 is 9.80 Å². The maximum atomic E-state index is 18.0. The van der Waals surface area contributed by atoms with Gasteiger partial charge >= 0.3 is 0 Å². The van der Waals surface area contributed by atoms with Gasteiger partial charge in [-0.25, -0.2) is 8.78 Å². The maximum Gasteiger partial charge on any atom is 0.148 e. The molecule has 14 aromatic rings. The van der Waals surface area contributed by atoms with E-state index in [2.05, 4.69) is 155 Å². The van der Waals surface area contributed by atoms with Crippen molar-refractivity contribution < 1.29 is 8.78 Å². The van der Waals surface area contributed by atoms with Crippen molar-refractivity contribution in [3.05, 3.63) is 291 Å². The van der Waals surface area contributed by atoms with Crippen LogP contribution in [0.15, 0.2) is 279 Å². The fraction of sp³-hybridized carbons (Fsp3) is 0. The van der Waals surface area contributed by atoms with E-state index in [-0.39, 0.29) is 11.6 Å². The number of anilines is 6. The van der Waals surface area contributed by atoms with Gasteiger partial charge in [0.2, 0.25) is 0 Å². The van der Waals surface area contributed by atoms with E-state index in [0.717, 1.165) is 121 Å². The standard InChI is InChI=1S/C72H46F2N2/c73-65-45-57(47-17-5-1-6-18-47)43-63(51-23-9-3-10-24-51)71(65)75(59-35-29-49-21-13-15-27-55(49)41-59)67-39-33-53-32-38-62-68(40-34-54-31-37-61(67)69(53)70(54)62)76(60-36-30-50-22-14-16-28-56(50)42-60)72-64(52-25-11-4-12-26-52)44-58(46-66(72)74)48-19-7-2-8-20-48/h1-46H. The summed E-state index contributed by atoms with van der Waals surface area (Å²) >= 11 is 0. The molecular formula is C72H46F2N2. The number of fused-ring (bicyclic) bond motifs is 2. The minimum Gasteiger partial charge on any atom is -0.307 e. The van der Waals surface area contributed by atoms with Crippen molar-refractivity contribution in [2.24, 2.45) is 0 Å². The van der Waals surface area contributed by atoms with Crippen molar-refractivity contribution in [3.63, 3.8) is 0 Å². The molecule has 0 bridgehead atoms. The van der Waals surface area contributed by atoms with Gasteiger partial charge in [-0.3, -0.25) is 0 Å². The van der Waals surface area contributed by atoms with Crippen LogP contribution in [0.4, 0.5) is 42.9 Å². The van der Waals surface area contributed by atoms with Gasteiger partial charge in [0.15, 0.2) is 0 Å². The topological polar surface area (TPSA) is 6.48 Å². The van der Waals surface area contributed by atoms with Crippen LogP contribution in [0.25, 0.3) is 98.4 Å². The molecule has 0 saturated carbocycles. The number of rotatable bonds is 10. The molecule has 14 rings (SSSR count). The van der Waals surface area contributed by atoms with Gasteiger partial charge in [0.1, 0.15) is 11.6 Å². The molecule has 0 atom stereocenters. The minimum absolute atomic E-state index is 0.345. The molecule has 0 radical (unpaired) electrons. The highest BCUT2D eigenvalue weighted by Gasteiger charge is 2.28. The third-order valence-electron chi connectivity index (χ3n) is 15.0. The van der Waals surface area contributed by atoms with Crippen LogP contribution in [0.5, 0.6) is 0 Å². The van der Waals surface area contributed by atoms with Gasteiger partial charge in [0.25, 0.3) is 0 Å². The normalized spacial score (nSPS) is 11.6. The zero-order chi connectivity index (χ0) is 50.7. The van der Waals surface area contributed by atoms with E-state index in [1.165, 1.54) is 0 Å². The summed E-state index contributed by atoms with van der Waals surface area (Å²) in [6, 6.07) is 94.5. The van der Waals surface area contributed by atoms with Gasteiger partial charge in [-0.05, 0) is 137 Å². The van der Waals surface area contributed by atoms with Crippen LogP contribution < -0.4 is 9.80 Å². The molecule has 0 unspecified atom stereocenters. The Kier molecular flexibility index (Phi) is 10.9. The Hall–Kier alpha value is -9.90. The Balaban J connectivity index is 1.05. The van der Waals surface area contributed by atoms with Crippen LogP contribution in [-0.2, 0) is 0 Å². The summed E-state index contributed by atoms with van der Waals surface area (Å²) in [6.07, 6.45) is 0. The van der Waals surface area contributed by atoms with Gasteiger partial charge in [0.05, 0.1) is 22.7 Å². The first-order chi connectivity index (χ1) is 37.5. The molecule has 76 heavy (non-hydrogen) atoms. The monoisotopic (exact) mass is 976 g/mol. The first-order valence-corrected chi connectivity index (χ1v) is 25.7. The SMILES string of the molecule is Fc1cc(-c2ccccc2)cc(-c2ccccc2)c1N(c1ccc2ccccc2c1)c1ccc2ccc3c(N(c4ccc5ccccc5c4)c4c(F)cc(-c5ccccc5)cc4-c4ccccc4)ccc4ccc1c2c43. The minimum atomic E-state index is -0.345. The zero-order valence-electron chi connectivity index (χ0n) is 41.2. The van der Waals surface area contributed by atoms with Crippen LogP contribution in [0.3, 0.4) is 0 Å². The molecule has 0 amide bonds. The lowest BCUT2D eigenvalue weighted by atomic mass is 9.90. The molecule has 358 valence electrons. The third kappa shape index (κ3) is 7.70. The molecule has 14 aromatic carbocycles. The molecule has 0 aliphatic carbocycles. The van der Waals surface area contributed by atoms with Crippen molar-refractivity contribution in [1.82, 2.24) is 0 Å². The molecular weight excluding hydrogens is 931 g/mol.